The second-order valence-corrected chi connectivity index (χ2v) is 8.09. The van der Waals surface area contributed by atoms with Crippen LogP contribution in [0.5, 0.6) is 0 Å². The summed E-state index contributed by atoms with van der Waals surface area (Å²) in [5, 5.41) is 3.00. The number of rotatable bonds is 7. The van der Waals surface area contributed by atoms with E-state index in [9.17, 15) is 9.59 Å². The molecule has 3 rings (SSSR count). The van der Waals surface area contributed by atoms with Crippen molar-refractivity contribution in [3.8, 4) is 0 Å². The lowest BCUT2D eigenvalue weighted by Crippen LogP contribution is -2.39. The summed E-state index contributed by atoms with van der Waals surface area (Å²) < 4.78 is 5.53. The van der Waals surface area contributed by atoms with Gasteiger partial charge in [0.1, 0.15) is 0 Å². The lowest BCUT2D eigenvalue weighted by molar-refractivity contribution is -0.132. The second-order valence-electron chi connectivity index (χ2n) is 8.09. The highest BCUT2D eigenvalue weighted by Gasteiger charge is 2.24. The second kappa shape index (κ2) is 10.1. The Hall–Kier alpha value is -1.36. The van der Waals surface area contributed by atoms with E-state index >= 15 is 0 Å². The Morgan fingerprint density at radius 1 is 1.15 bits per heavy atom. The highest BCUT2D eigenvalue weighted by atomic mass is 16.5. The first-order valence-electron chi connectivity index (χ1n) is 10.5. The van der Waals surface area contributed by atoms with Gasteiger partial charge in [-0.05, 0) is 63.7 Å². The molecular formula is C21H34N2O3. The van der Waals surface area contributed by atoms with Gasteiger partial charge in [0.25, 0.3) is 0 Å². The van der Waals surface area contributed by atoms with E-state index in [1.165, 1.54) is 18.4 Å². The fourth-order valence-electron chi connectivity index (χ4n) is 4.30. The number of nitrogens with one attached hydrogen (secondary N) is 1. The predicted octanol–water partition coefficient (Wildman–Crippen LogP) is 3.19. The van der Waals surface area contributed by atoms with Gasteiger partial charge in [0, 0.05) is 39.1 Å². The number of amides is 2. The molecule has 0 radical (unpaired) electrons. The van der Waals surface area contributed by atoms with Crippen LogP contribution < -0.4 is 5.32 Å². The van der Waals surface area contributed by atoms with Crippen LogP contribution in [-0.4, -0.2) is 49.1 Å². The van der Waals surface area contributed by atoms with E-state index in [2.05, 4.69) is 11.4 Å². The van der Waals surface area contributed by atoms with Gasteiger partial charge in [-0.1, -0.05) is 11.6 Å². The topological polar surface area (TPSA) is 58.6 Å². The van der Waals surface area contributed by atoms with Gasteiger partial charge in [-0.25, -0.2) is 0 Å². The highest BCUT2D eigenvalue weighted by molar-refractivity contribution is 5.79. The molecule has 5 heteroatoms. The maximum Gasteiger partial charge on any atom is 0.226 e. The predicted molar refractivity (Wildman–Crippen MR) is 102 cm³/mol. The summed E-state index contributed by atoms with van der Waals surface area (Å²) in [6.45, 7) is 3.19. The van der Waals surface area contributed by atoms with Gasteiger partial charge in [0.15, 0.2) is 0 Å². The molecule has 0 saturated carbocycles. The number of likely N-dealkylation sites (tertiary alicyclic amines) is 1. The third-order valence-corrected chi connectivity index (χ3v) is 6.06. The Kier molecular flexibility index (Phi) is 7.54. The smallest absolute Gasteiger partial charge is 0.226 e. The van der Waals surface area contributed by atoms with Gasteiger partial charge in [-0.2, -0.15) is 0 Å². The molecular weight excluding hydrogens is 328 g/mol. The summed E-state index contributed by atoms with van der Waals surface area (Å²) in [5.74, 6) is 1.01. The molecule has 2 amide bonds. The standard InChI is InChI=1S/C21H34N2O3/c24-20(22-16-19-7-4-14-26-19)9-8-17-10-12-23(13-11-17)21(25)15-18-5-2-1-3-6-18/h5,17,19H,1-4,6-16H2,(H,22,24)/t19-/m0/s1. The minimum atomic E-state index is 0.142. The van der Waals surface area contributed by atoms with E-state index < -0.39 is 0 Å². The molecule has 146 valence electrons. The van der Waals surface area contributed by atoms with Gasteiger partial charge in [-0.15, -0.1) is 0 Å². The molecule has 0 aromatic rings. The van der Waals surface area contributed by atoms with E-state index in [0.717, 1.165) is 64.6 Å². The summed E-state index contributed by atoms with van der Waals surface area (Å²) in [6, 6.07) is 0. The van der Waals surface area contributed by atoms with Gasteiger partial charge in [0.2, 0.25) is 11.8 Å². The van der Waals surface area contributed by atoms with Gasteiger partial charge in [0.05, 0.1) is 6.10 Å². The van der Waals surface area contributed by atoms with Crippen molar-refractivity contribution in [2.45, 2.75) is 76.7 Å². The summed E-state index contributed by atoms with van der Waals surface area (Å²) in [5.41, 5.74) is 1.34. The van der Waals surface area contributed by atoms with Gasteiger partial charge >= 0.3 is 0 Å². The van der Waals surface area contributed by atoms with Crippen LogP contribution in [0.2, 0.25) is 0 Å². The fraction of sp³-hybridized carbons (Fsp3) is 0.810. The molecule has 0 aromatic heterocycles. The van der Waals surface area contributed by atoms with Crippen molar-refractivity contribution in [2.24, 2.45) is 5.92 Å². The normalized spacial score (nSPS) is 24.4. The van der Waals surface area contributed by atoms with Gasteiger partial charge in [-0.3, -0.25) is 9.59 Å². The van der Waals surface area contributed by atoms with Crippen LogP contribution in [0.3, 0.4) is 0 Å². The number of carbonyl (C=O) groups excluding carboxylic acids is 2. The average molecular weight is 363 g/mol. The maximum absolute atomic E-state index is 12.5. The van der Waals surface area contributed by atoms with Crippen molar-refractivity contribution < 1.29 is 14.3 Å². The van der Waals surface area contributed by atoms with E-state index in [0.29, 0.717) is 31.2 Å². The lowest BCUT2D eigenvalue weighted by atomic mass is 9.91. The van der Waals surface area contributed by atoms with E-state index in [1.54, 1.807) is 0 Å². The molecule has 1 atom stereocenters. The minimum Gasteiger partial charge on any atom is -0.376 e. The Labute approximate surface area is 157 Å². The first kappa shape index (κ1) is 19.4. The molecule has 0 aromatic carbocycles. The Morgan fingerprint density at radius 2 is 2.00 bits per heavy atom. The molecule has 2 fully saturated rings. The molecule has 0 unspecified atom stereocenters. The van der Waals surface area contributed by atoms with Crippen molar-refractivity contribution in [3.05, 3.63) is 11.6 Å². The monoisotopic (exact) mass is 362 g/mol. The minimum absolute atomic E-state index is 0.142. The Morgan fingerprint density at radius 3 is 2.69 bits per heavy atom. The molecule has 2 aliphatic heterocycles. The fourth-order valence-corrected chi connectivity index (χ4v) is 4.30. The number of hydrogen-bond donors (Lipinski definition) is 1. The largest absolute Gasteiger partial charge is 0.376 e. The highest BCUT2D eigenvalue weighted by Crippen LogP contribution is 2.25. The third kappa shape index (κ3) is 6.11. The first-order chi connectivity index (χ1) is 12.7. The number of nitrogens with zero attached hydrogens (tertiary/aromatic N) is 1. The Balaban J connectivity index is 1.28. The lowest BCUT2D eigenvalue weighted by Gasteiger charge is -2.32. The van der Waals surface area contributed by atoms with Crippen molar-refractivity contribution in [1.82, 2.24) is 10.2 Å². The van der Waals surface area contributed by atoms with E-state index in [1.807, 2.05) is 4.90 Å². The summed E-state index contributed by atoms with van der Waals surface area (Å²) in [6.07, 6.45) is 13.6. The third-order valence-electron chi connectivity index (χ3n) is 6.06. The van der Waals surface area contributed by atoms with Crippen LogP contribution in [0.25, 0.3) is 0 Å². The van der Waals surface area contributed by atoms with Crippen molar-refractivity contribution in [1.29, 1.82) is 0 Å². The molecule has 0 spiro atoms. The molecule has 2 heterocycles. The van der Waals surface area contributed by atoms with Crippen LogP contribution in [0.4, 0.5) is 0 Å². The van der Waals surface area contributed by atoms with Crippen molar-refractivity contribution in [3.63, 3.8) is 0 Å². The van der Waals surface area contributed by atoms with Crippen LogP contribution in [0, 0.1) is 5.92 Å². The quantitative estimate of drug-likeness (QED) is 0.708. The van der Waals surface area contributed by atoms with E-state index in [4.69, 9.17) is 4.74 Å². The zero-order chi connectivity index (χ0) is 18.2. The van der Waals surface area contributed by atoms with E-state index in [-0.39, 0.29) is 12.0 Å². The molecule has 0 bridgehead atoms. The molecule has 3 aliphatic rings. The summed E-state index contributed by atoms with van der Waals surface area (Å²) in [7, 11) is 0. The number of allylic oxidation sites excluding steroid dienone is 1. The molecule has 26 heavy (non-hydrogen) atoms. The number of carbonyl (C=O) groups is 2. The first-order valence-corrected chi connectivity index (χ1v) is 10.5. The number of ether oxygens (including phenoxy) is 1. The van der Waals surface area contributed by atoms with Crippen LogP contribution in [0.15, 0.2) is 11.6 Å². The number of hydrogen-bond acceptors (Lipinski definition) is 3. The number of piperidine rings is 1. The van der Waals surface area contributed by atoms with Crippen molar-refractivity contribution in [2.75, 3.05) is 26.2 Å². The zero-order valence-electron chi connectivity index (χ0n) is 16.0. The zero-order valence-corrected chi connectivity index (χ0v) is 16.0. The average Bonchev–Trinajstić information content (AvgIpc) is 3.19. The van der Waals surface area contributed by atoms with Crippen LogP contribution in [-0.2, 0) is 14.3 Å². The van der Waals surface area contributed by atoms with Crippen LogP contribution in [0.1, 0.15) is 70.6 Å². The maximum atomic E-state index is 12.5. The summed E-state index contributed by atoms with van der Waals surface area (Å²) >= 11 is 0. The SMILES string of the molecule is O=C(CCC1CCN(C(=O)CC2=CCCCC2)CC1)NC[C@@H]1CCCO1. The Bertz CT molecular complexity index is 503. The summed E-state index contributed by atoms with van der Waals surface area (Å²) in [4.78, 5) is 26.5. The molecule has 2 saturated heterocycles. The molecule has 5 nitrogen and oxygen atoms in total. The van der Waals surface area contributed by atoms with Crippen molar-refractivity contribution >= 4 is 11.8 Å². The molecule has 1 N–H and O–H groups in total. The van der Waals surface area contributed by atoms with Crippen LogP contribution >= 0.6 is 0 Å². The molecule has 1 aliphatic carbocycles. The van der Waals surface area contributed by atoms with Gasteiger partial charge < -0.3 is 15.0 Å².